The second kappa shape index (κ2) is 7.55. The number of hydrogen-bond donors (Lipinski definition) is 4. The van der Waals surface area contributed by atoms with E-state index in [2.05, 4.69) is 20.3 Å². The third-order valence-electron chi connectivity index (χ3n) is 3.93. The molecule has 0 spiro atoms. The standard InChI is InChI=1S/C18H18ClN5O2/c1-10-7-22-18(20)24-16(10)12-6-14(21-8-12)17(26)23-15(9-25)11-3-2-4-13(19)5-11/h2-8,15,21,25H,9H2,1H3,(H,23,26)(H2,20,22,24)/t15-/m1/s1. The molecule has 0 bridgehead atoms. The van der Waals surface area contributed by atoms with Gasteiger partial charge in [0.15, 0.2) is 0 Å². The number of nitrogens with zero attached hydrogens (tertiary/aromatic N) is 2. The van der Waals surface area contributed by atoms with E-state index in [0.717, 1.165) is 16.7 Å². The molecule has 1 amide bonds. The fourth-order valence-corrected chi connectivity index (χ4v) is 2.80. The van der Waals surface area contributed by atoms with Gasteiger partial charge >= 0.3 is 0 Å². The minimum absolute atomic E-state index is 0.166. The molecule has 0 radical (unpaired) electrons. The molecule has 5 N–H and O–H groups in total. The molecule has 0 aliphatic heterocycles. The van der Waals surface area contributed by atoms with Gasteiger partial charge in [-0.3, -0.25) is 4.79 Å². The van der Waals surface area contributed by atoms with E-state index in [0.29, 0.717) is 16.4 Å². The smallest absolute Gasteiger partial charge is 0.268 e. The third-order valence-corrected chi connectivity index (χ3v) is 4.17. The largest absolute Gasteiger partial charge is 0.394 e. The topological polar surface area (TPSA) is 117 Å². The molecule has 134 valence electrons. The van der Waals surface area contributed by atoms with Crippen LogP contribution in [0.3, 0.4) is 0 Å². The molecule has 0 saturated carbocycles. The number of aryl methyl sites for hydroxylation is 1. The molecule has 0 fully saturated rings. The Morgan fingerprint density at radius 2 is 2.23 bits per heavy atom. The van der Waals surface area contributed by atoms with Crippen LogP contribution in [-0.4, -0.2) is 32.6 Å². The van der Waals surface area contributed by atoms with Crippen molar-refractivity contribution in [3.8, 4) is 11.3 Å². The van der Waals surface area contributed by atoms with Gasteiger partial charge in [0.1, 0.15) is 5.69 Å². The highest BCUT2D eigenvalue weighted by molar-refractivity contribution is 6.30. The summed E-state index contributed by atoms with van der Waals surface area (Å²) in [4.78, 5) is 23.6. The molecule has 26 heavy (non-hydrogen) atoms. The molecular weight excluding hydrogens is 354 g/mol. The molecule has 7 nitrogen and oxygen atoms in total. The highest BCUT2D eigenvalue weighted by Crippen LogP contribution is 2.23. The summed E-state index contributed by atoms with van der Waals surface area (Å²) in [5.74, 6) is -0.186. The van der Waals surface area contributed by atoms with Gasteiger partial charge in [-0.2, -0.15) is 0 Å². The number of rotatable bonds is 5. The van der Waals surface area contributed by atoms with Crippen LogP contribution in [0, 0.1) is 6.92 Å². The summed E-state index contributed by atoms with van der Waals surface area (Å²) in [5.41, 5.74) is 8.93. The third kappa shape index (κ3) is 3.84. The Bertz CT molecular complexity index is 941. The quantitative estimate of drug-likeness (QED) is 0.549. The Hall–Kier alpha value is -2.90. The molecule has 0 unspecified atom stereocenters. The molecular formula is C18H18ClN5O2. The summed E-state index contributed by atoms with van der Waals surface area (Å²) in [6, 6.07) is 8.10. The van der Waals surface area contributed by atoms with Crippen molar-refractivity contribution in [3.05, 3.63) is 64.6 Å². The van der Waals surface area contributed by atoms with E-state index in [1.165, 1.54) is 0 Å². The number of halogens is 1. The molecule has 1 atom stereocenters. The highest BCUT2D eigenvalue weighted by atomic mass is 35.5. The molecule has 0 aliphatic carbocycles. The van der Waals surface area contributed by atoms with Crippen LogP contribution in [0.4, 0.5) is 5.95 Å². The van der Waals surface area contributed by atoms with Gasteiger partial charge < -0.3 is 21.1 Å². The Morgan fingerprint density at radius 1 is 1.42 bits per heavy atom. The monoisotopic (exact) mass is 371 g/mol. The fraction of sp³-hybridized carbons (Fsp3) is 0.167. The average molecular weight is 372 g/mol. The van der Waals surface area contributed by atoms with Crippen LogP contribution in [-0.2, 0) is 0 Å². The average Bonchev–Trinajstić information content (AvgIpc) is 3.11. The number of aliphatic hydroxyl groups is 1. The second-order valence-electron chi connectivity index (χ2n) is 5.83. The number of aromatic amines is 1. The van der Waals surface area contributed by atoms with Gasteiger partial charge in [0.05, 0.1) is 18.3 Å². The minimum Gasteiger partial charge on any atom is -0.394 e. The summed E-state index contributed by atoms with van der Waals surface area (Å²) in [7, 11) is 0. The van der Waals surface area contributed by atoms with E-state index in [4.69, 9.17) is 17.3 Å². The SMILES string of the molecule is Cc1cnc(N)nc1-c1c[nH]c(C(=O)N[C@H](CO)c2cccc(Cl)c2)c1. The van der Waals surface area contributed by atoms with Crippen molar-refractivity contribution in [2.75, 3.05) is 12.3 Å². The maximum atomic E-state index is 12.5. The first-order valence-electron chi connectivity index (χ1n) is 7.93. The number of carbonyl (C=O) groups is 1. The Kier molecular flexibility index (Phi) is 5.20. The van der Waals surface area contributed by atoms with Gasteiger partial charge in [-0.05, 0) is 36.2 Å². The van der Waals surface area contributed by atoms with Crippen molar-refractivity contribution >= 4 is 23.5 Å². The number of aromatic nitrogens is 3. The van der Waals surface area contributed by atoms with E-state index in [9.17, 15) is 9.90 Å². The van der Waals surface area contributed by atoms with Crippen LogP contribution in [0.5, 0.6) is 0 Å². The highest BCUT2D eigenvalue weighted by Gasteiger charge is 2.17. The first-order chi connectivity index (χ1) is 12.5. The number of amides is 1. The van der Waals surface area contributed by atoms with Gasteiger partial charge in [0.2, 0.25) is 5.95 Å². The normalized spacial score (nSPS) is 12.0. The van der Waals surface area contributed by atoms with Crippen LogP contribution >= 0.6 is 11.6 Å². The van der Waals surface area contributed by atoms with Crippen LogP contribution in [0.1, 0.15) is 27.7 Å². The van der Waals surface area contributed by atoms with E-state index >= 15 is 0 Å². The summed E-state index contributed by atoms with van der Waals surface area (Å²) in [6.45, 7) is 1.61. The van der Waals surface area contributed by atoms with E-state index < -0.39 is 6.04 Å². The van der Waals surface area contributed by atoms with Crippen LogP contribution in [0.15, 0.2) is 42.7 Å². The van der Waals surface area contributed by atoms with Crippen molar-refractivity contribution in [2.24, 2.45) is 0 Å². The lowest BCUT2D eigenvalue weighted by Gasteiger charge is -2.16. The molecule has 0 saturated heterocycles. The Balaban J connectivity index is 1.80. The first kappa shape index (κ1) is 17.9. The van der Waals surface area contributed by atoms with Crippen LogP contribution < -0.4 is 11.1 Å². The van der Waals surface area contributed by atoms with Crippen LogP contribution in [0.2, 0.25) is 5.02 Å². The molecule has 1 aromatic carbocycles. The number of benzene rings is 1. The summed E-state index contributed by atoms with van der Waals surface area (Å²) in [5, 5.41) is 12.9. The van der Waals surface area contributed by atoms with E-state index in [1.54, 1.807) is 42.7 Å². The zero-order valence-corrected chi connectivity index (χ0v) is 14.8. The van der Waals surface area contributed by atoms with Crippen molar-refractivity contribution in [3.63, 3.8) is 0 Å². The zero-order chi connectivity index (χ0) is 18.7. The molecule has 2 heterocycles. The Labute approximate surface area is 155 Å². The predicted octanol–water partition coefficient (Wildman–Crippen LogP) is 2.48. The van der Waals surface area contributed by atoms with Gasteiger partial charge in [-0.25, -0.2) is 9.97 Å². The number of aliphatic hydroxyl groups excluding tert-OH is 1. The molecule has 0 aliphatic rings. The van der Waals surface area contributed by atoms with Crippen molar-refractivity contribution in [2.45, 2.75) is 13.0 Å². The summed E-state index contributed by atoms with van der Waals surface area (Å²) in [6.07, 6.45) is 3.31. The first-order valence-corrected chi connectivity index (χ1v) is 8.31. The van der Waals surface area contributed by atoms with Crippen molar-refractivity contribution < 1.29 is 9.90 Å². The number of carbonyl (C=O) groups excluding carboxylic acids is 1. The van der Waals surface area contributed by atoms with Gasteiger partial charge in [-0.1, -0.05) is 23.7 Å². The van der Waals surface area contributed by atoms with Crippen molar-refractivity contribution in [1.82, 2.24) is 20.3 Å². The van der Waals surface area contributed by atoms with Gasteiger partial charge in [-0.15, -0.1) is 0 Å². The minimum atomic E-state index is -0.565. The lowest BCUT2D eigenvalue weighted by atomic mass is 10.1. The van der Waals surface area contributed by atoms with Gasteiger partial charge in [0.25, 0.3) is 5.91 Å². The molecule has 3 aromatic rings. The lowest BCUT2D eigenvalue weighted by molar-refractivity contribution is 0.0912. The number of H-pyrrole nitrogens is 1. The Morgan fingerprint density at radius 3 is 2.96 bits per heavy atom. The zero-order valence-electron chi connectivity index (χ0n) is 14.0. The van der Waals surface area contributed by atoms with Crippen molar-refractivity contribution in [1.29, 1.82) is 0 Å². The van der Waals surface area contributed by atoms with Crippen LogP contribution in [0.25, 0.3) is 11.3 Å². The summed E-state index contributed by atoms with van der Waals surface area (Å²) < 4.78 is 0. The summed E-state index contributed by atoms with van der Waals surface area (Å²) >= 11 is 5.98. The number of anilines is 1. The number of nitrogens with two attached hydrogens (primary N) is 1. The fourth-order valence-electron chi connectivity index (χ4n) is 2.60. The second-order valence-corrected chi connectivity index (χ2v) is 6.26. The maximum Gasteiger partial charge on any atom is 0.268 e. The number of nitrogens with one attached hydrogen (secondary N) is 2. The predicted molar refractivity (Wildman–Crippen MR) is 99.7 cm³/mol. The van der Waals surface area contributed by atoms with Gasteiger partial charge in [0, 0.05) is 23.0 Å². The molecule has 2 aromatic heterocycles. The maximum absolute atomic E-state index is 12.5. The van der Waals surface area contributed by atoms with E-state index in [-0.39, 0.29) is 18.5 Å². The molecule has 8 heteroatoms. The molecule has 3 rings (SSSR count). The van der Waals surface area contributed by atoms with E-state index in [1.807, 2.05) is 6.92 Å². The number of hydrogen-bond acceptors (Lipinski definition) is 5. The number of nitrogen functional groups attached to an aromatic ring is 1. The lowest BCUT2D eigenvalue weighted by Crippen LogP contribution is -2.31.